The van der Waals surface area contributed by atoms with E-state index in [1.54, 1.807) is 25.1 Å². The molecule has 0 fully saturated rings. The van der Waals surface area contributed by atoms with E-state index in [1.807, 2.05) is 0 Å². The molecule has 0 N–H and O–H groups in total. The molecule has 4 nitrogen and oxygen atoms in total. The first kappa shape index (κ1) is 13.9. The van der Waals surface area contributed by atoms with Crippen molar-refractivity contribution in [1.29, 1.82) is 0 Å². The number of hydrogen-bond acceptors (Lipinski definition) is 3. The Morgan fingerprint density at radius 1 is 1.26 bits per heavy atom. The predicted octanol–water partition coefficient (Wildman–Crippen LogP) is 2.74. The molecule has 0 aromatic heterocycles. The first-order chi connectivity index (χ1) is 9.00. The minimum absolute atomic E-state index is 0.145. The SMILES string of the molecule is CC(=O)CCCCN1C(=O)C(=O)c2ccc(Br)cc21. The number of anilines is 1. The first-order valence-corrected chi connectivity index (χ1v) is 6.95. The van der Waals surface area contributed by atoms with Gasteiger partial charge < -0.3 is 9.69 Å². The van der Waals surface area contributed by atoms with Gasteiger partial charge in [-0.25, -0.2) is 0 Å². The van der Waals surface area contributed by atoms with Gasteiger partial charge in [-0.15, -0.1) is 0 Å². The van der Waals surface area contributed by atoms with E-state index >= 15 is 0 Å². The van der Waals surface area contributed by atoms with Gasteiger partial charge in [-0.1, -0.05) is 15.9 Å². The lowest BCUT2D eigenvalue weighted by Gasteiger charge is -2.16. The summed E-state index contributed by atoms with van der Waals surface area (Å²) in [5.41, 5.74) is 1.12. The van der Waals surface area contributed by atoms with E-state index in [0.717, 1.165) is 10.9 Å². The Labute approximate surface area is 119 Å². The van der Waals surface area contributed by atoms with Crippen molar-refractivity contribution in [2.75, 3.05) is 11.4 Å². The molecule has 2 rings (SSSR count). The Hall–Kier alpha value is -1.49. The number of hydrogen-bond donors (Lipinski definition) is 0. The number of amides is 1. The average Bonchev–Trinajstić information content (AvgIpc) is 2.58. The van der Waals surface area contributed by atoms with Crippen LogP contribution in [-0.2, 0) is 9.59 Å². The van der Waals surface area contributed by atoms with Crippen molar-refractivity contribution < 1.29 is 14.4 Å². The predicted molar refractivity (Wildman–Crippen MR) is 75.4 cm³/mol. The van der Waals surface area contributed by atoms with Crippen LogP contribution in [-0.4, -0.2) is 24.0 Å². The van der Waals surface area contributed by atoms with Gasteiger partial charge in [0.05, 0.1) is 11.3 Å². The maximum absolute atomic E-state index is 11.9. The number of Topliss-reactive ketones (excluding diaryl/α,β-unsaturated/α-hetero) is 2. The quantitative estimate of drug-likeness (QED) is 0.618. The second-order valence-corrected chi connectivity index (χ2v) is 5.52. The molecule has 1 aromatic rings. The zero-order valence-corrected chi connectivity index (χ0v) is 12.2. The molecule has 0 atom stereocenters. The molecular formula is C14H14BrNO3. The fourth-order valence-corrected chi connectivity index (χ4v) is 2.48. The highest BCUT2D eigenvalue weighted by atomic mass is 79.9. The van der Waals surface area contributed by atoms with Gasteiger partial charge >= 0.3 is 0 Å². The van der Waals surface area contributed by atoms with Crippen molar-refractivity contribution in [3.8, 4) is 0 Å². The maximum Gasteiger partial charge on any atom is 0.299 e. The summed E-state index contributed by atoms with van der Waals surface area (Å²) in [5, 5.41) is 0. The number of fused-ring (bicyclic) bond motifs is 1. The minimum atomic E-state index is -0.476. The van der Waals surface area contributed by atoms with E-state index in [2.05, 4.69) is 15.9 Å². The second kappa shape index (κ2) is 5.65. The molecule has 0 bridgehead atoms. The van der Waals surface area contributed by atoms with E-state index in [4.69, 9.17) is 0 Å². The molecule has 1 aliphatic heterocycles. The van der Waals surface area contributed by atoms with Crippen LogP contribution >= 0.6 is 15.9 Å². The van der Waals surface area contributed by atoms with Crippen LogP contribution < -0.4 is 4.90 Å². The fourth-order valence-electron chi connectivity index (χ4n) is 2.13. The summed E-state index contributed by atoms with van der Waals surface area (Å²) in [6.07, 6.45) is 1.96. The summed E-state index contributed by atoms with van der Waals surface area (Å²) in [4.78, 5) is 36.1. The van der Waals surface area contributed by atoms with Crippen LogP contribution in [0.4, 0.5) is 5.69 Å². The van der Waals surface area contributed by atoms with Gasteiger partial charge in [-0.2, -0.15) is 0 Å². The molecule has 0 radical (unpaired) electrons. The molecule has 1 aliphatic rings. The maximum atomic E-state index is 11.9. The number of carbonyl (C=O) groups is 3. The second-order valence-electron chi connectivity index (χ2n) is 4.61. The largest absolute Gasteiger partial charge is 0.305 e. The number of benzene rings is 1. The average molecular weight is 324 g/mol. The third kappa shape index (κ3) is 2.92. The molecule has 1 aromatic carbocycles. The summed E-state index contributed by atoms with van der Waals surface area (Å²) >= 11 is 3.34. The smallest absolute Gasteiger partial charge is 0.299 e. The fraction of sp³-hybridized carbons (Fsp3) is 0.357. The van der Waals surface area contributed by atoms with Crippen molar-refractivity contribution in [1.82, 2.24) is 0 Å². The number of halogens is 1. The summed E-state index contributed by atoms with van der Waals surface area (Å²) in [7, 11) is 0. The normalized spacial score (nSPS) is 13.9. The third-order valence-electron chi connectivity index (χ3n) is 3.10. The van der Waals surface area contributed by atoms with Crippen LogP contribution in [0.3, 0.4) is 0 Å². The molecule has 1 heterocycles. The van der Waals surface area contributed by atoms with E-state index < -0.39 is 11.7 Å². The lowest BCUT2D eigenvalue weighted by molar-refractivity contribution is -0.117. The van der Waals surface area contributed by atoms with Gasteiger partial charge in [0.1, 0.15) is 5.78 Å². The van der Waals surface area contributed by atoms with E-state index in [0.29, 0.717) is 30.6 Å². The van der Waals surface area contributed by atoms with Gasteiger partial charge in [-0.3, -0.25) is 9.59 Å². The highest BCUT2D eigenvalue weighted by Gasteiger charge is 2.35. The molecule has 19 heavy (non-hydrogen) atoms. The number of ketones is 2. The third-order valence-corrected chi connectivity index (χ3v) is 3.59. The molecule has 0 saturated heterocycles. The van der Waals surface area contributed by atoms with Crippen molar-refractivity contribution >= 4 is 39.1 Å². The van der Waals surface area contributed by atoms with Gasteiger partial charge in [0.2, 0.25) is 0 Å². The Morgan fingerprint density at radius 2 is 2.00 bits per heavy atom. The minimum Gasteiger partial charge on any atom is -0.305 e. The Bertz CT molecular complexity index is 554. The van der Waals surface area contributed by atoms with Crippen LogP contribution in [0, 0.1) is 0 Å². The summed E-state index contributed by atoms with van der Waals surface area (Å²) < 4.78 is 0.836. The van der Waals surface area contributed by atoms with Crippen LogP contribution in [0.15, 0.2) is 22.7 Å². The van der Waals surface area contributed by atoms with Crippen LogP contribution in [0.2, 0.25) is 0 Å². The lowest BCUT2D eigenvalue weighted by Crippen LogP contribution is -2.30. The highest BCUT2D eigenvalue weighted by Crippen LogP contribution is 2.31. The number of carbonyl (C=O) groups excluding carboxylic acids is 3. The topological polar surface area (TPSA) is 54.5 Å². The van der Waals surface area contributed by atoms with E-state index in [9.17, 15) is 14.4 Å². The molecular weight excluding hydrogens is 310 g/mol. The summed E-state index contributed by atoms with van der Waals surface area (Å²) in [6.45, 7) is 2.03. The lowest BCUT2D eigenvalue weighted by atomic mass is 10.1. The van der Waals surface area contributed by atoms with Gasteiger partial charge in [0, 0.05) is 17.4 Å². The Morgan fingerprint density at radius 3 is 2.68 bits per heavy atom. The van der Waals surface area contributed by atoms with Crippen molar-refractivity contribution in [2.24, 2.45) is 0 Å². The standard InChI is InChI=1S/C14H14BrNO3/c1-9(17)4-2-3-7-16-12-8-10(15)5-6-11(12)13(18)14(16)19/h5-6,8H,2-4,7H2,1H3. The Balaban J connectivity index is 2.10. The number of unbranched alkanes of at least 4 members (excludes halogenated alkanes) is 1. The molecule has 0 saturated carbocycles. The molecule has 0 spiro atoms. The van der Waals surface area contributed by atoms with Gasteiger partial charge in [-0.05, 0) is 38.0 Å². The van der Waals surface area contributed by atoms with Crippen molar-refractivity contribution in [3.05, 3.63) is 28.2 Å². The van der Waals surface area contributed by atoms with Gasteiger partial charge in [0.25, 0.3) is 11.7 Å². The zero-order valence-electron chi connectivity index (χ0n) is 10.6. The molecule has 1 amide bonds. The first-order valence-electron chi connectivity index (χ1n) is 6.16. The van der Waals surface area contributed by atoms with Crippen molar-refractivity contribution in [2.45, 2.75) is 26.2 Å². The molecule has 0 aliphatic carbocycles. The monoisotopic (exact) mass is 323 g/mol. The zero-order chi connectivity index (χ0) is 14.0. The molecule has 100 valence electrons. The Kier molecular flexibility index (Phi) is 4.14. The van der Waals surface area contributed by atoms with Gasteiger partial charge in [0.15, 0.2) is 0 Å². The molecule has 5 heteroatoms. The van der Waals surface area contributed by atoms with E-state index in [1.165, 1.54) is 4.90 Å². The number of rotatable bonds is 5. The molecule has 0 unspecified atom stereocenters. The summed E-state index contributed by atoms with van der Waals surface area (Å²) in [6, 6.07) is 5.20. The van der Waals surface area contributed by atoms with Crippen LogP contribution in [0.5, 0.6) is 0 Å². The van der Waals surface area contributed by atoms with Crippen LogP contribution in [0.1, 0.15) is 36.5 Å². The summed E-state index contributed by atoms with van der Waals surface area (Å²) in [5.74, 6) is -0.781. The van der Waals surface area contributed by atoms with Crippen LogP contribution in [0.25, 0.3) is 0 Å². The van der Waals surface area contributed by atoms with Crippen molar-refractivity contribution in [3.63, 3.8) is 0 Å². The highest BCUT2D eigenvalue weighted by molar-refractivity contribution is 9.10. The van der Waals surface area contributed by atoms with E-state index in [-0.39, 0.29) is 5.78 Å². The number of nitrogens with zero attached hydrogens (tertiary/aromatic N) is 1.